The number of anilines is 1. The minimum Gasteiger partial charge on any atom is -0.383 e. The summed E-state index contributed by atoms with van der Waals surface area (Å²) in [5, 5.41) is 1.54. The molecule has 7 heteroatoms. The van der Waals surface area contributed by atoms with Crippen molar-refractivity contribution in [2.75, 3.05) is 31.9 Å². The van der Waals surface area contributed by atoms with Gasteiger partial charge in [0.25, 0.3) is 0 Å². The van der Waals surface area contributed by atoms with Crippen molar-refractivity contribution < 1.29 is 4.79 Å². The van der Waals surface area contributed by atoms with E-state index in [1.807, 2.05) is 41.3 Å². The molecule has 0 unspecified atom stereocenters. The predicted molar refractivity (Wildman–Crippen MR) is 116 cm³/mol. The fourth-order valence-electron chi connectivity index (χ4n) is 3.49. The maximum Gasteiger partial charge on any atom is 0.246 e. The molecule has 1 saturated heterocycles. The second kappa shape index (κ2) is 8.59. The number of benzene rings is 2. The molecule has 0 atom stereocenters. The number of halogens is 1. The lowest BCUT2D eigenvalue weighted by Crippen LogP contribution is -2.47. The highest BCUT2D eigenvalue weighted by Crippen LogP contribution is 2.19. The highest BCUT2D eigenvalue weighted by atomic mass is 35.5. The van der Waals surface area contributed by atoms with Crippen molar-refractivity contribution in [1.82, 2.24) is 19.8 Å². The first kappa shape index (κ1) is 19.4. The largest absolute Gasteiger partial charge is 0.383 e. The van der Waals surface area contributed by atoms with E-state index in [1.54, 1.807) is 6.08 Å². The number of carbonyl (C=O) groups is 1. The van der Waals surface area contributed by atoms with Crippen molar-refractivity contribution in [3.05, 3.63) is 71.0 Å². The van der Waals surface area contributed by atoms with E-state index >= 15 is 0 Å². The van der Waals surface area contributed by atoms with Crippen molar-refractivity contribution in [1.29, 1.82) is 0 Å². The molecule has 1 aromatic heterocycles. The number of carbonyl (C=O) groups excluding carboxylic acids is 1. The smallest absolute Gasteiger partial charge is 0.246 e. The normalized spacial score (nSPS) is 15.3. The third-order valence-electron chi connectivity index (χ3n) is 5.09. The van der Waals surface area contributed by atoms with E-state index in [-0.39, 0.29) is 5.91 Å². The fourth-order valence-corrected chi connectivity index (χ4v) is 3.69. The maximum absolute atomic E-state index is 12.5. The molecule has 29 heavy (non-hydrogen) atoms. The van der Waals surface area contributed by atoms with Gasteiger partial charge in [0.2, 0.25) is 5.91 Å². The molecule has 1 amide bonds. The molecule has 0 spiro atoms. The lowest BCUT2D eigenvalue weighted by Gasteiger charge is -2.34. The van der Waals surface area contributed by atoms with Gasteiger partial charge in [-0.05, 0) is 41.5 Å². The average molecular weight is 408 g/mol. The number of hydrogen-bond donors (Lipinski definition) is 1. The molecule has 6 nitrogen and oxygen atoms in total. The Morgan fingerprint density at radius 3 is 2.72 bits per heavy atom. The molecule has 148 valence electrons. The molecule has 2 aromatic carbocycles. The number of nitrogens with two attached hydrogens (primary N) is 1. The molecular formula is C22H22ClN5O. The summed E-state index contributed by atoms with van der Waals surface area (Å²) in [4.78, 5) is 25.0. The SMILES string of the molecule is Nc1ncnc2cc(CN3CCN(C(=O)/C=C/c4cccc(Cl)c4)CC3)ccc12. The number of rotatable bonds is 4. The summed E-state index contributed by atoms with van der Waals surface area (Å²) in [6.07, 6.45) is 4.92. The second-order valence-electron chi connectivity index (χ2n) is 7.10. The number of fused-ring (bicyclic) bond motifs is 1. The highest BCUT2D eigenvalue weighted by molar-refractivity contribution is 6.30. The van der Waals surface area contributed by atoms with Gasteiger partial charge in [0.1, 0.15) is 12.1 Å². The quantitative estimate of drug-likeness (QED) is 0.672. The van der Waals surface area contributed by atoms with E-state index in [0.717, 1.165) is 36.1 Å². The Bertz CT molecular complexity index is 1060. The summed E-state index contributed by atoms with van der Waals surface area (Å²) in [7, 11) is 0. The van der Waals surface area contributed by atoms with Crippen LogP contribution in [0.4, 0.5) is 5.82 Å². The first-order valence-corrected chi connectivity index (χ1v) is 9.90. The van der Waals surface area contributed by atoms with E-state index in [0.29, 0.717) is 23.9 Å². The monoisotopic (exact) mass is 407 g/mol. The van der Waals surface area contributed by atoms with Gasteiger partial charge in [-0.3, -0.25) is 9.69 Å². The molecule has 1 aliphatic heterocycles. The molecule has 3 aromatic rings. The standard InChI is InChI=1S/C22H22ClN5O/c23-18-3-1-2-16(12-18)5-7-21(29)28-10-8-27(9-11-28)14-17-4-6-19-20(13-17)25-15-26-22(19)24/h1-7,12-13,15H,8-11,14H2,(H2,24,25,26)/b7-5+. The van der Waals surface area contributed by atoms with Gasteiger partial charge < -0.3 is 10.6 Å². The summed E-state index contributed by atoms with van der Waals surface area (Å²) >= 11 is 5.98. The predicted octanol–water partition coefficient (Wildman–Crippen LogP) is 3.22. The number of nitrogen functional groups attached to an aromatic ring is 1. The van der Waals surface area contributed by atoms with Crippen LogP contribution in [-0.4, -0.2) is 51.9 Å². The molecule has 0 bridgehead atoms. The molecular weight excluding hydrogens is 386 g/mol. The van der Waals surface area contributed by atoms with Crippen molar-refractivity contribution in [2.24, 2.45) is 0 Å². The number of piperazine rings is 1. The third kappa shape index (κ3) is 4.72. The van der Waals surface area contributed by atoms with Gasteiger partial charge in [0.05, 0.1) is 5.52 Å². The van der Waals surface area contributed by atoms with E-state index in [4.69, 9.17) is 17.3 Å². The highest BCUT2D eigenvalue weighted by Gasteiger charge is 2.19. The van der Waals surface area contributed by atoms with Gasteiger partial charge >= 0.3 is 0 Å². The zero-order valence-corrected chi connectivity index (χ0v) is 16.7. The Morgan fingerprint density at radius 1 is 1.10 bits per heavy atom. The minimum absolute atomic E-state index is 0.0301. The number of hydrogen-bond acceptors (Lipinski definition) is 5. The fraction of sp³-hybridized carbons (Fsp3) is 0.227. The zero-order chi connectivity index (χ0) is 20.2. The topological polar surface area (TPSA) is 75.3 Å². The van der Waals surface area contributed by atoms with Crippen LogP contribution in [0.5, 0.6) is 0 Å². The van der Waals surface area contributed by atoms with Crippen LogP contribution in [0.1, 0.15) is 11.1 Å². The van der Waals surface area contributed by atoms with Crippen LogP contribution in [0.2, 0.25) is 5.02 Å². The average Bonchev–Trinajstić information content (AvgIpc) is 2.73. The molecule has 2 heterocycles. The summed E-state index contributed by atoms with van der Waals surface area (Å²) in [6, 6.07) is 13.5. The van der Waals surface area contributed by atoms with Crippen LogP contribution in [0.25, 0.3) is 17.0 Å². The lowest BCUT2D eigenvalue weighted by atomic mass is 10.1. The first-order chi connectivity index (χ1) is 14.1. The third-order valence-corrected chi connectivity index (χ3v) is 5.32. The van der Waals surface area contributed by atoms with Gasteiger partial charge in [0.15, 0.2) is 0 Å². The molecule has 0 radical (unpaired) electrons. The van der Waals surface area contributed by atoms with Crippen LogP contribution >= 0.6 is 11.6 Å². The van der Waals surface area contributed by atoms with Crippen LogP contribution in [0.3, 0.4) is 0 Å². The molecule has 1 fully saturated rings. The van der Waals surface area contributed by atoms with E-state index in [9.17, 15) is 4.79 Å². The van der Waals surface area contributed by atoms with Crippen LogP contribution in [0.15, 0.2) is 54.9 Å². The van der Waals surface area contributed by atoms with Crippen molar-refractivity contribution in [3.8, 4) is 0 Å². The first-order valence-electron chi connectivity index (χ1n) is 9.52. The minimum atomic E-state index is 0.0301. The number of nitrogens with zero attached hydrogens (tertiary/aromatic N) is 4. The number of amides is 1. The summed E-state index contributed by atoms with van der Waals surface area (Å²) in [5.41, 5.74) is 8.85. The molecule has 2 N–H and O–H groups in total. The Labute approximate surface area is 174 Å². The second-order valence-corrected chi connectivity index (χ2v) is 7.54. The van der Waals surface area contributed by atoms with E-state index in [2.05, 4.69) is 27.0 Å². The summed E-state index contributed by atoms with van der Waals surface area (Å²) in [5.74, 6) is 0.530. The molecule has 1 aliphatic rings. The Morgan fingerprint density at radius 2 is 1.93 bits per heavy atom. The van der Waals surface area contributed by atoms with Crippen molar-refractivity contribution in [2.45, 2.75) is 6.54 Å². The summed E-state index contributed by atoms with van der Waals surface area (Å²) < 4.78 is 0. The zero-order valence-electron chi connectivity index (χ0n) is 16.0. The molecule has 4 rings (SSSR count). The van der Waals surface area contributed by atoms with Gasteiger partial charge in [-0.2, -0.15) is 0 Å². The van der Waals surface area contributed by atoms with Gasteiger partial charge in [-0.25, -0.2) is 9.97 Å². The van der Waals surface area contributed by atoms with Crippen molar-refractivity contribution in [3.63, 3.8) is 0 Å². The van der Waals surface area contributed by atoms with Crippen LogP contribution in [0, 0.1) is 0 Å². The van der Waals surface area contributed by atoms with Crippen molar-refractivity contribution >= 4 is 40.3 Å². The van der Waals surface area contributed by atoms with Crippen LogP contribution < -0.4 is 5.73 Å². The van der Waals surface area contributed by atoms with E-state index in [1.165, 1.54) is 11.9 Å². The Kier molecular flexibility index (Phi) is 5.74. The van der Waals surface area contributed by atoms with Gasteiger partial charge in [-0.1, -0.05) is 29.8 Å². The van der Waals surface area contributed by atoms with Gasteiger partial charge in [-0.15, -0.1) is 0 Å². The molecule has 0 saturated carbocycles. The summed E-state index contributed by atoms with van der Waals surface area (Å²) in [6.45, 7) is 3.91. The number of aromatic nitrogens is 2. The van der Waals surface area contributed by atoms with E-state index < -0.39 is 0 Å². The Hall–Kier alpha value is -2.96. The van der Waals surface area contributed by atoms with Crippen LogP contribution in [-0.2, 0) is 11.3 Å². The Balaban J connectivity index is 1.33. The maximum atomic E-state index is 12.5. The molecule has 0 aliphatic carbocycles. The lowest BCUT2D eigenvalue weighted by molar-refractivity contribution is -0.127. The van der Waals surface area contributed by atoms with Gasteiger partial charge in [0, 0.05) is 49.2 Å².